The van der Waals surface area contributed by atoms with Crippen molar-refractivity contribution in [2.24, 2.45) is 10.8 Å². The Morgan fingerprint density at radius 3 is 1.88 bits per heavy atom. The molecule has 3 heteroatoms. The van der Waals surface area contributed by atoms with Crippen LogP contribution in [-0.4, -0.2) is 15.7 Å². The molecule has 0 aliphatic rings. The van der Waals surface area contributed by atoms with Crippen LogP contribution in [0.2, 0.25) is 0 Å². The van der Waals surface area contributed by atoms with E-state index in [1.807, 2.05) is 6.92 Å². The third-order valence-electron chi connectivity index (χ3n) is 3.52. The van der Waals surface area contributed by atoms with Crippen LogP contribution in [0.1, 0.15) is 61.8 Å². The fourth-order valence-electron chi connectivity index (χ4n) is 1.74. The first kappa shape index (κ1) is 17.2. The van der Waals surface area contributed by atoms with E-state index in [1.165, 1.54) is 0 Å². The molecule has 0 saturated heterocycles. The summed E-state index contributed by atoms with van der Waals surface area (Å²) >= 11 is 6.90. The Bertz CT molecular complexity index is 262. The Hall–Kier alpha value is 0.240. The van der Waals surface area contributed by atoms with Gasteiger partial charge in [0.25, 0.3) is 0 Å². The Morgan fingerprint density at radius 2 is 1.53 bits per heavy atom. The van der Waals surface area contributed by atoms with E-state index in [1.54, 1.807) is 11.8 Å². The fraction of sp³-hybridized carbons (Fsp3) is 0.929. The van der Waals surface area contributed by atoms with Crippen molar-refractivity contribution in [3.63, 3.8) is 0 Å². The minimum absolute atomic E-state index is 0.114. The van der Waals surface area contributed by atoms with Crippen LogP contribution >= 0.6 is 24.0 Å². The maximum atomic E-state index is 5.37. The second-order valence-electron chi connectivity index (χ2n) is 6.86. The average Bonchev–Trinajstić information content (AvgIpc) is 1.97. The zero-order valence-electron chi connectivity index (χ0n) is 12.6. The van der Waals surface area contributed by atoms with Crippen LogP contribution in [0.5, 0.6) is 0 Å². The third-order valence-corrected chi connectivity index (χ3v) is 4.87. The van der Waals surface area contributed by atoms with Gasteiger partial charge in [-0.15, -0.1) is 0 Å². The van der Waals surface area contributed by atoms with Crippen LogP contribution in [-0.2, 0) is 4.74 Å². The van der Waals surface area contributed by atoms with Crippen molar-refractivity contribution in [1.82, 2.24) is 0 Å². The molecule has 0 radical (unpaired) electrons. The van der Waals surface area contributed by atoms with E-state index in [2.05, 4.69) is 48.5 Å². The molecule has 0 aliphatic heterocycles. The average molecular weight is 277 g/mol. The molecule has 0 unspecified atom stereocenters. The van der Waals surface area contributed by atoms with Crippen molar-refractivity contribution < 1.29 is 4.74 Å². The van der Waals surface area contributed by atoms with Gasteiger partial charge < -0.3 is 4.74 Å². The normalized spacial score (nSPS) is 13.6. The van der Waals surface area contributed by atoms with Crippen LogP contribution in [0.4, 0.5) is 0 Å². The minimum atomic E-state index is 0.114. The summed E-state index contributed by atoms with van der Waals surface area (Å²) in [5.41, 5.74) is 0.559. The van der Waals surface area contributed by atoms with Crippen molar-refractivity contribution in [1.29, 1.82) is 0 Å². The minimum Gasteiger partial charge on any atom is -0.479 e. The van der Waals surface area contributed by atoms with Gasteiger partial charge in [-0.1, -0.05) is 60.2 Å². The third kappa shape index (κ3) is 6.10. The smallest absolute Gasteiger partial charge is 0.220 e. The lowest BCUT2D eigenvalue weighted by Gasteiger charge is -2.43. The Labute approximate surface area is 117 Å². The Kier molecular flexibility index (Phi) is 6.00. The van der Waals surface area contributed by atoms with E-state index in [4.69, 9.17) is 17.0 Å². The second kappa shape index (κ2) is 5.92. The summed E-state index contributed by atoms with van der Waals surface area (Å²) in [5.74, 6) is 0. The van der Waals surface area contributed by atoms with Gasteiger partial charge in [-0.2, -0.15) is 0 Å². The van der Waals surface area contributed by atoms with Gasteiger partial charge in [0.2, 0.25) is 4.38 Å². The van der Waals surface area contributed by atoms with Gasteiger partial charge in [0.05, 0.1) is 6.61 Å². The molecular formula is C14H28OS2. The maximum absolute atomic E-state index is 5.37. The molecule has 0 heterocycles. The lowest BCUT2D eigenvalue weighted by molar-refractivity contribution is 0.109. The molecule has 0 spiro atoms. The summed E-state index contributed by atoms with van der Waals surface area (Å²) in [4.78, 5) is 0. The summed E-state index contributed by atoms with van der Waals surface area (Å²) in [7, 11) is 0. The molecule has 0 saturated carbocycles. The molecule has 0 aliphatic carbocycles. The van der Waals surface area contributed by atoms with Gasteiger partial charge in [0.1, 0.15) is 0 Å². The predicted molar refractivity (Wildman–Crippen MR) is 83.7 cm³/mol. The van der Waals surface area contributed by atoms with Crippen molar-refractivity contribution in [2.75, 3.05) is 6.61 Å². The maximum Gasteiger partial charge on any atom is 0.220 e. The van der Waals surface area contributed by atoms with Crippen molar-refractivity contribution in [3.05, 3.63) is 0 Å². The van der Waals surface area contributed by atoms with Gasteiger partial charge in [-0.25, -0.2) is 0 Å². The Balaban J connectivity index is 4.59. The van der Waals surface area contributed by atoms with Gasteiger partial charge in [-0.05, 0) is 36.4 Å². The van der Waals surface area contributed by atoms with Crippen LogP contribution in [0.3, 0.4) is 0 Å². The summed E-state index contributed by atoms with van der Waals surface area (Å²) < 4.78 is 6.16. The van der Waals surface area contributed by atoms with Crippen LogP contribution in [0.25, 0.3) is 0 Å². The summed E-state index contributed by atoms with van der Waals surface area (Å²) in [6.45, 7) is 18.7. The van der Waals surface area contributed by atoms with Gasteiger partial charge in [-0.3, -0.25) is 0 Å². The zero-order chi connectivity index (χ0) is 13.9. The lowest BCUT2D eigenvalue weighted by atomic mass is 9.65. The lowest BCUT2D eigenvalue weighted by Crippen LogP contribution is -2.36. The molecule has 0 rings (SSSR count). The number of ether oxygens (including phenoxy) is 1. The molecule has 0 aromatic heterocycles. The molecule has 17 heavy (non-hydrogen) atoms. The molecule has 102 valence electrons. The van der Waals surface area contributed by atoms with Crippen LogP contribution < -0.4 is 0 Å². The highest BCUT2D eigenvalue weighted by Crippen LogP contribution is 2.47. The first-order valence-corrected chi connectivity index (χ1v) is 7.49. The topological polar surface area (TPSA) is 9.23 Å². The number of hydrogen-bond acceptors (Lipinski definition) is 3. The molecule has 0 aromatic carbocycles. The molecule has 0 amide bonds. The number of hydrogen-bond donors (Lipinski definition) is 0. The fourth-order valence-corrected chi connectivity index (χ4v) is 3.59. The van der Waals surface area contributed by atoms with Crippen LogP contribution in [0.15, 0.2) is 0 Å². The van der Waals surface area contributed by atoms with E-state index in [-0.39, 0.29) is 15.6 Å². The molecule has 0 bridgehead atoms. The molecule has 0 N–H and O–H groups in total. The van der Waals surface area contributed by atoms with Crippen molar-refractivity contribution >= 4 is 28.4 Å². The molecular weight excluding hydrogens is 248 g/mol. The largest absolute Gasteiger partial charge is 0.479 e. The molecule has 0 fully saturated rings. The molecule has 1 nitrogen and oxygen atoms in total. The second-order valence-corrected chi connectivity index (χ2v) is 9.16. The van der Waals surface area contributed by atoms with E-state index in [9.17, 15) is 0 Å². The highest BCUT2D eigenvalue weighted by atomic mass is 32.2. The van der Waals surface area contributed by atoms with Crippen molar-refractivity contribution in [2.45, 2.75) is 66.6 Å². The quantitative estimate of drug-likeness (QED) is 0.646. The first-order valence-electron chi connectivity index (χ1n) is 6.27. The highest BCUT2D eigenvalue weighted by molar-refractivity contribution is 8.23. The monoisotopic (exact) mass is 276 g/mol. The summed E-state index contributed by atoms with van der Waals surface area (Å²) in [5, 5.41) is 0. The highest BCUT2D eigenvalue weighted by Gasteiger charge is 2.38. The molecule has 0 atom stereocenters. The summed E-state index contributed by atoms with van der Waals surface area (Å²) in [6.07, 6.45) is 1.11. The SMILES string of the molecule is CCOC(=S)SC(C)(C)CC(C)(C)C(C)(C)C. The van der Waals surface area contributed by atoms with E-state index >= 15 is 0 Å². The van der Waals surface area contributed by atoms with Crippen LogP contribution in [0, 0.1) is 10.8 Å². The predicted octanol–water partition coefficient (Wildman–Crippen LogP) is 5.28. The van der Waals surface area contributed by atoms with E-state index in [0.29, 0.717) is 11.0 Å². The Morgan fingerprint density at radius 1 is 1.06 bits per heavy atom. The van der Waals surface area contributed by atoms with E-state index < -0.39 is 0 Å². The van der Waals surface area contributed by atoms with Gasteiger partial charge in [0.15, 0.2) is 0 Å². The van der Waals surface area contributed by atoms with Gasteiger partial charge >= 0.3 is 0 Å². The van der Waals surface area contributed by atoms with E-state index in [0.717, 1.165) is 6.42 Å². The number of thioether (sulfide) groups is 1. The standard InChI is InChI=1S/C14H28OS2/c1-9-15-11(16)17-14(7,8)10-13(5,6)12(2,3)4/h9-10H2,1-8H3. The van der Waals surface area contributed by atoms with Gasteiger partial charge in [0, 0.05) is 4.75 Å². The summed E-state index contributed by atoms with van der Waals surface area (Å²) in [6, 6.07) is 0. The first-order chi connectivity index (χ1) is 7.41. The number of thiocarbonyl (C=S) groups is 1. The molecule has 0 aromatic rings. The van der Waals surface area contributed by atoms with Crippen molar-refractivity contribution in [3.8, 4) is 0 Å². The zero-order valence-corrected chi connectivity index (χ0v) is 14.3. The number of rotatable bonds is 4.